The number of hydrogen-bond donors (Lipinski definition) is 0. The van der Waals surface area contributed by atoms with E-state index in [1.165, 1.54) is 12.1 Å². The first-order valence-corrected chi connectivity index (χ1v) is 9.08. The van der Waals surface area contributed by atoms with E-state index in [4.69, 9.17) is 39.5 Å². The summed E-state index contributed by atoms with van der Waals surface area (Å²) < 4.78 is 44.1. The van der Waals surface area contributed by atoms with Crippen molar-refractivity contribution in [1.29, 1.82) is 0 Å². The van der Waals surface area contributed by atoms with Crippen molar-refractivity contribution < 1.29 is 22.7 Å². The minimum Gasteiger partial charge on any atom is -0.465 e. The fraction of sp³-hybridized carbons (Fsp3) is 0.353. The van der Waals surface area contributed by atoms with Crippen molar-refractivity contribution >= 4 is 40.8 Å². The molecule has 0 aliphatic carbocycles. The van der Waals surface area contributed by atoms with Crippen LogP contribution < -0.4 is 5.56 Å². The normalized spacial score (nSPS) is 12.7. The summed E-state index contributed by atoms with van der Waals surface area (Å²) in [5, 5.41) is -0.859. The van der Waals surface area contributed by atoms with Gasteiger partial charge < -0.3 is 9.30 Å². The van der Waals surface area contributed by atoms with Gasteiger partial charge in [-0.15, -0.1) is 11.6 Å². The number of esters is 1. The Hall–Kier alpha value is -1.77. The Morgan fingerprint density at radius 3 is 2.50 bits per heavy atom. The quantitative estimate of drug-likeness (QED) is 0.490. The first-order chi connectivity index (χ1) is 13.0. The van der Waals surface area contributed by atoms with Crippen molar-refractivity contribution in [3.05, 3.63) is 50.0 Å². The lowest BCUT2D eigenvalue weighted by Crippen LogP contribution is -2.27. The molecule has 2 rings (SSSR count). The smallest absolute Gasteiger partial charge is 0.433 e. The van der Waals surface area contributed by atoms with Gasteiger partial charge >= 0.3 is 12.1 Å². The molecule has 1 aromatic heterocycles. The lowest BCUT2D eigenvalue weighted by molar-refractivity contribution is -0.144. The zero-order valence-electron chi connectivity index (χ0n) is 14.6. The van der Waals surface area contributed by atoms with Crippen LogP contribution in [0, 0.1) is 0 Å². The second kappa shape index (κ2) is 8.71. The molecule has 152 valence electrons. The van der Waals surface area contributed by atoms with E-state index in [2.05, 4.69) is 4.98 Å². The highest BCUT2D eigenvalue weighted by Crippen LogP contribution is 2.33. The summed E-state index contributed by atoms with van der Waals surface area (Å²) in [5.74, 6) is -0.652. The van der Waals surface area contributed by atoms with Gasteiger partial charge in [-0.05, 0) is 24.6 Å². The lowest BCUT2D eigenvalue weighted by Gasteiger charge is -2.15. The van der Waals surface area contributed by atoms with Gasteiger partial charge in [0.2, 0.25) is 0 Å². The number of aromatic nitrogens is 2. The number of nitrogens with zero attached hydrogens (tertiary/aromatic N) is 2. The highest BCUT2D eigenvalue weighted by atomic mass is 35.5. The van der Waals surface area contributed by atoms with Crippen LogP contribution in [0.15, 0.2) is 23.1 Å². The van der Waals surface area contributed by atoms with Gasteiger partial charge in [0.1, 0.15) is 16.8 Å². The van der Waals surface area contributed by atoms with Crippen LogP contribution in [-0.4, -0.2) is 27.5 Å². The Balaban J connectivity index is 2.52. The van der Waals surface area contributed by atoms with Crippen LogP contribution in [-0.2, 0) is 29.2 Å². The first kappa shape index (κ1) is 22.5. The molecule has 1 unspecified atom stereocenters. The number of hydrogen-bond acceptors (Lipinski definition) is 4. The molecule has 0 N–H and O–H groups in total. The number of carbonyl (C=O) groups excluding carboxylic acids is 1. The third-order valence-electron chi connectivity index (χ3n) is 3.81. The summed E-state index contributed by atoms with van der Waals surface area (Å²) in [6.07, 6.45) is -4.23. The number of benzene rings is 1. The van der Waals surface area contributed by atoms with Crippen LogP contribution in [0.5, 0.6) is 0 Å². The Kier molecular flexibility index (Phi) is 7.01. The van der Waals surface area contributed by atoms with E-state index >= 15 is 0 Å². The molecule has 5 nitrogen and oxygen atoms in total. The molecular formula is C17H14Cl3F3N2O3. The molecular weight excluding hydrogens is 444 g/mol. The molecule has 0 fully saturated rings. The van der Waals surface area contributed by atoms with Crippen LogP contribution in [0.3, 0.4) is 0 Å². The molecule has 0 saturated heterocycles. The average molecular weight is 458 g/mol. The van der Waals surface area contributed by atoms with Crippen molar-refractivity contribution in [3.63, 3.8) is 0 Å². The predicted molar refractivity (Wildman–Crippen MR) is 99.9 cm³/mol. The molecule has 0 radical (unpaired) electrons. The fourth-order valence-electron chi connectivity index (χ4n) is 2.42. The van der Waals surface area contributed by atoms with Gasteiger partial charge in [-0.3, -0.25) is 9.59 Å². The SMILES string of the molecule is CCOC(=O)C(Cl)Cc1cc(-c2ncc(C(F)(F)F)n(C)c2=O)c(Cl)cc1Cl. The molecule has 0 bridgehead atoms. The predicted octanol–water partition coefficient (Wildman–Crippen LogP) is 4.49. The highest BCUT2D eigenvalue weighted by Gasteiger charge is 2.35. The van der Waals surface area contributed by atoms with Crippen molar-refractivity contribution in [3.8, 4) is 11.3 Å². The van der Waals surface area contributed by atoms with Gasteiger partial charge in [0.25, 0.3) is 5.56 Å². The lowest BCUT2D eigenvalue weighted by atomic mass is 10.0. The van der Waals surface area contributed by atoms with Crippen LogP contribution >= 0.6 is 34.8 Å². The first-order valence-electron chi connectivity index (χ1n) is 7.89. The monoisotopic (exact) mass is 456 g/mol. The maximum atomic E-state index is 12.9. The number of ether oxygens (including phenoxy) is 1. The van der Waals surface area contributed by atoms with E-state index < -0.39 is 28.8 Å². The number of carbonyl (C=O) groups is 1. The molecule has 11 heteroatoms. The summed E-state index contributed by atoms with van der Waals surface area (Å²) >= 11 is 18.3. The Labute approximate surface area is 173 Å². The average Bonchev–Trinajstić information content (AvgIpc) is 2.59. The van der Waals surface area contributed by atoms with Gasteiger partial charge in [0.15, 0.2) is 0 Å². The molecule has 1 atom stereocenters. The van der Waals surface area contributed by atoms with Gasteiger partial charge in [0.05, 0.1) is 17.8 Å². The second-order valence-corrected chi connectivity index (χ2v) is 7.04. The molecule has 1 heterocycles. The minimum absolute atomic E-state index is 0.0142. The van der Waals surface area contributed by atoms with Crippen molar-refractivity contribution in [2.75, 3.05) is 6.61 Å². The fourth-order valence-corrected chi connectivity index (χ4v) is 3.20. The van der Waals surface area contributed by atoms with Crippen LogP contribution in [0.1, 0.15) is 18.2 Å². The maximum Gasteiger partial charge on any atom is 0.433 e. The zero-order valence-corrected chi connectivity index (χ0v) is 16.9. The van der Waals surface area contributed by atoms with Gasteiger partial charge in [-0.1, -0.05) is 23.2 Å². The van der Waals surface area contributed by atoms with Crippen LogP contribution in [0.2, 0.25) is 10.0 Å². The maximum absolute atomic E-state index is 12.9. The molecule has 0 aliphatic heterocycles. The Bertz CT molecular complexity index is 961. The number of alkyl halides is 4. The summed E-state index contributed by atoms with van der Waals surface area (Å²) in [6.45, 7) is 1.77. The van der Waals surface area contributed by atoms with Crippen molar-refractivity contribution in [2.24, 2.45) is 7.05 Å². The molecule has 2 aromatic rings. The van der Waals surface area contributed by atoms with Crippen molar-refractivity contribution in [1.82, 2.24) is 9.55 Å². The van der Waals surface area contributed by atoms with E-state index in [0.29, 0.717) is 16.3 Å². The highest BCUT2D eigenvalue weighted by molar-refractivity contribution is 6.37. The minimum atomic E-state index is -4.74. The van der Waals surface area contributed by atoms with Gasteiger partial charge in [-0.25, -0.2) is 4.98 Å². The summed E-state index contributed by atoms with van der Waals surface area (Å²) in [5.41, 5.74) is -2.05. The van der Waals surface area contributed by atoms with E-state index in [1.54, 1.807) is 6.92 Å². The molecule has 0 amide bonds. The van der Waals surface area contributed by atoms with Gasteiger partial charge in [-0.2, -0.15) is 13.2 Å². The Morgan fingerprint density at radius 2 is 1.93 bits per heavy atom. The third kappa shape index (κ3) is 4.79. The molecule has 1 aromatic carbocycles. The zero-order chi connectivity index (χ0) is 21.2. The van der Waals surface area contributed by atoms with E-state index in [1.807, 2.05) is 0 Å². The van der Waals surface area contributed by atoms with Gasteiger partial charge in [0, 0.05) is 24.1 Å². The topological polar surface area (TPSA) is 61.2 Å². The standard InChI is InChI=1S/C17H14Cl3F3N2O3/c1-3-28-16(27)12(20)5-8-4-9(11(19)6-10(8)18)14-15(26)25(2)13(7-24-14)17(21,22)23/h4,6-7,12H,3,5H2,1-2H3. The number of rotatable bonds is 5. The molecule has 0 aliphatic rings. The number of halogens is 6. The van der Waals surface area contributed by atoms with Crippen molar-refractivity contribution in [2.45, 2.75) is 24.9 Å². The van der Waals surface area contributed by atoms with Crippen LogP contribution in [0.25, 0.3) is 11.3 Å². The summed E-state index contributed by atoms with van der Waals surface area (Å²) in [6, 6.07) is 2.68. The summed E-state index contributed by atoms with van der Waals surface area (Å²) in [4.78, 5) is 27.8. The summed E-state index contributed by atoms with van der Waals surface area (Å²) in [7, 11) is 0.983. The molecule has 0 saturated carbocycles. The van der Waals surface area contributed by atoms with E-state index in [0.717, 1.165) is 7.05 Å². The van der Waals surface area contributed by atoms with Crippen LogP contribution in [0.4, 0.5) is 13.2 Å². The van der Waals surface area contributed by atoms with E-state index in [-0.39, 0.29) is 34.3 Å². The second-order valence-electron chi connectivity index (χ2n) is 5.70. The molecule has 0 spiro atoms. The Morgan fingerprint density at radius 1 is 1.29 bits per heavy atom. The largest absolute Gasteiger partial charge is 0.465 e. The van der Waals surface area contributed by atoms with E-state index in [9.17, 15) is 22.8 Å². The third-order valence-corrected chi connectivity index (χ3v) is 4.80. The molecule has 28 heavy (non-hydrogen) atoms.